The lowest BCUT2D eigenvalue weighted by Crippen LogP contribution is -0.552. The van der Waals surface area contributed by atoms with E-state index in [0.29, 0.717) is 0 Å². The zero-order chi connectivity index (χ0) is 6.00. The topological polar surface area (TPSA) is 105 Å². The molecule has 60 valence electrons. The first kappa shape index (κ1) is 92.6. The van der Waals surface area contributed by atoms with Gasteiger partial charge in [-0.25, -0.2) is 0 Å². The fourth-order valence-electron chi connectivity index (χ4n) is 0. The van der Waals surface area contributed by atoms with Crippen molar-refractivity contribution in [3.05, 3.63) is 39.5 Å². The molecule has 0 rings (SSSR count). The van der Waals surface area contributed by atoms with E-state index in [1.165, 1.54) is 0 Å². The third-order valence-corrected chi connectivity index (χ3v) is 0. The normalized spacial score (nSPS) is 1.33. The van der Waals surface area contributed by atoms with Crippen LogP contribution in [0.25, 0.3) is 0 Å². The van der Waals surface area contributed by atoms with Crippen LogP contribution in [0.1, 0.15) is 0 Å². The van der Waals surface area contributed by atoms with Crippen molar-refractivity contribution in [2.75, 3.05) is 0 Å². The quantitative estimate of drug-likeness (QED) is 0.444. The van der Waals surface area contributed by atoms with Gasteiger partial charge < -0.3 is 18.5 Å². The SMILES string of the molecule is C=C.C=C.C=C.N.N.N. The first-order valence-corrected chi connectivity index (χ1v) is 1.50. The molecule has 3 nitrogen and oxygen atoms in total. The monoisotopic (exact) mass is 135 g/mol. The standard InChI is InChI=1S/3C2H4.3H3N/c3*1-2;;;/h3*1-2H2;3*1H3. The van der Waals surface area contributed by atoms with Gasteiger partial charge >= 0.3 is 0 Å². The second-order valence-corrected chi connectivity index (χ2v) is 0. The van der Waals surface area contributed by atoms with Crippen LogP contribution in [0.15, 0.2) is 39.5 Å². The van der Waals surface area contributed by atoms with E-state index in [0.717, 1.165) is 0 Å². The van der Waals surface area contributed by atoms with Gasteiger partial charge in [-0.3, -0.25) is 0 Å². The van der Waals surface area contributed by atoms with Crippen LogP contribution in [-0.4, -0.2) is 0 Å². The van der Waals surface area contributed by atoms with E-state index in [4.69, 9.17) is 0 Å². The fourth-order valence-corrected chi connectivity index (χ4v) is 0. The Kier molecular flexibility index (Phi) is 3360. The molecule has 0 fully saturated rings. The van der Waals surface area contributed by atoms with Crippen molar-refractivity contribution in [3.63, 3.8) is 0 Å². The van der Waals surface area contributed by atoms with Crippen LogP contribution < -0.4 is 18.5 Å². The highest BCUT2D eigenvalue weighted by Gasteiger charge is 0.605. The Morgan fingerprint density at radius 3 is 0.333 bits per heavy atom. The van der Waals surface area contributed by atoms with Crippen LogP contribution in [0.4, 0.5) is 0 Å². The lowest BCUT2D eigenvalue weighted by molar-refractivity contribution is 2.13. The van der Waals surface area contributed by atoms with Crippen molar-refractivity contribution in [2.24, 2.45) is 0 Å². The highest BCUT2D eigenvalue weighted by molar-refractivity contribution is 4.22. The highest BCUT2D eigenvalue weighted by atomic mass is 14.0. The highest BCUT2D eigenvalue weighted by Crippen LogP contribution is 0.866. The first-order chi connectivity index (χ1) is 3.00. The third-order valence-electron chi connectivity index (χ3n) is 0. The van der Waals surface area contributed by atoms with Gasteiger partial charge in [-0.05, 0) is 0 Å². The number of hydrogen-bond donors (Lipinski definition) is 3. The van der Waals surface area contributed by atoms with Gasteiger partial charge in [0.25, 0.3) is 0 Å². The predicted molar refractivity (Wildman–Crippen MR) is 48.8 cm³/mol. The average molecular weight is 135 g/mol. The third kappa shape index (κ3) is 228. The van der Waals surface area contributed by atoms with Crippen molar-refractivity contribution in [2.45, 2.75) is 0 Å². The van der Waals surface area contributed by atoms with Gasteiger partial charge in [0.2, 0.25) is 0 Å². The van der Waals surface area contributed by atoms with Crippen molar-refractivity contribution in [3.8, 4) is 0 Å². The molecule has 0 amide bonds. The van der Waals surface area contributed by atoms with Crippen LogP contribution in [-0.2, 0) is 0 Å². The molecule has 3 heteroatoms. The minimum absolute atomic E-state index is 0. The molecule has 9 N–H and O–H groups in total. The Labute approximate surface area is 58.9 Å². The Bertz CT molecular complexity index is 13.0. The minimum atomic E-state index is 0. The van der Waals surface area contributed by atoms with Gasteiger partial charge in [0.05, 0.1) is 0 Å². The van der Waals surface area contributed by atoms with Crippen LogP contribution in [0.2, 0.25) is 0 Å². The molecule has 0 heterocycles. The van der Waals surface area contributed by atoms with E-state index in [1.807, 2.05) is 0 Å². The molecule has 0 bridgehead atoms. The molecule has 0 aromatic heterocycles. The van der Waals surface area contributed by atoms with Gasteiger partial charge in [-0.2, -0.15) is 0 Å². The summed E-state index contributed by atoms with van der Waals surface area (Å²) in [7, 11) is 0. The molecule has 0 aromatic rings. The van der Waals surface area contributed by atoms with Crippen molar-refractivity contribution in [1.29, 1.82) is 0 Å². The lowest BCUT2D eigenvalue weighted by atomic mass is 11.3. The summed E-state index contributed by atoms with van der Waals surface area (Å²) in [5.41, 5.74) is 0. The summed E-state index contributed by atoms with van der Waals surface area (Å²) in [6, 6.07) is 0. The molecular formula is C6H21N3. The predicted octanol–water partition coefficient (Wildman–Crippen LogP) is 2.89. The van der Waals surface area contributed by atoms with E-state index in [-0.39, 0.29) is 18.5 Å². The molecular weight excluding hydrogens is 114 g/mol. The summed E-state index contributed by atoms with van der Waals surface area (Å²) in [4.78, 5) is 0. The molecule has 0 aliphatic carbocycles. The summed E-state index contributed by atoms with van der Waals surface area (Å²) in [5.74, 6) is 0. The van der Waals surface area contributed by atoms with Crippen LogP contribution >= 0.6 is 0 Å². The van der Waals surface area contributed by atoms with Gasteiger partial charge in [-0.15, -0.1) is 39.5 Å². The zero-order valence-corrected chi connectivity index (χ0v) is 6.36. The van der Waals surface area contributed by atoms with Crippen LogP contribution in [0, 0.1) is 0 Å². The zero-order valence-electron chi connectivity index (χ0n) is 6.36. The van der Waals surface area contributed by atoms with Gasteiger partial charge in [0.1, 0.15) is 0 Å². The average Bonchev–Trinajstić information content (AvgIpc) is 1.81. The van der Waals surface area contributed by atoms with E-state index in [9.17, 15) is 0 Å². The maximum atomic E-state index is 3.00. The largest absolute Gasteiger partial charge is 0.344 e. The summed E-state index contributed by atoms with van der Waals surface area (Å²) in [5, 5.41) is 0. The van der Waals surface area contributed by atoms with Gasteiger partial charge in [-0.1, -0.05) is 0 Å². The molecule has 0 saturated heterocycles. The Hall–Kier alpha value is -0.900. The molecule has 0 saturated carbocycles. The van der Waals surface area contributed by atoms with Crippen LogP contribution in [0.5, 0.6) is 0 Å². The van der Waals surface area contributed by atoms with E-state index in [2.05, 4.69) is 39.5 Å². The maximum absolute atomic E-state index is 3.00. The molecule has 0 radical (unpaired) electrons. The van der Waals surface area contributed by atoms with Crippen molar-refractivity contribution >= 4 is 0 Å². The van der Waals surface area contributed by atoms with E-state index < -0.39 is 0 Å². The van der Waals surface area contributed by atoms with Crippen molar-refractivity contribution in [1.82, 2.24) is 18.5 Å². The van der Waals surface area contributed by atoms with Crippen LogP contribution in [0.3, 0.4) is 0 Å². The Morgan fingerprint density at radius 1 is 0.333 bits per heavy atom. The van der Waals surface area contributed by atoms with Crippen molar-refractivity contribution < 1.29 is 0 Å². The number of hydrogen-bond acceptors (Lipinski definition) is 3. The lowest BCUT2D eigenvalue weighted by Gasteiger charge is -0.813. The van der Waals surface area contributed by atoms with Gasteiger partial charge in [0, 0.05) is 0 Å². The molecule has 9 heavy (non-hydrogen) atoms. The van der Waals surface area contributed by atoms with E-state index >= 15 is 0 Å². The Balaban J connectivity index is -0.00000000321. The summed E-state index contributed by atoms with van der Waals surface area (Å²) in [6.07, 6.45) is 0. The molecule has 0 aliphatic heterocycles. The first-order valence-electron chi connectivity index (χ1n) is 1.50. The Morgan fingerprint density at radius 2 is 0.333 bits per heavy atom. The maximum Gasteiger partial charge on any atom is -0.106 e. The second-order valence-electron chi connectivity index (χ2n) is 0. The second kappa shape index (κ2) is 326. The molecule has 0 aromatic carbocycles. The minimum Gasteiger partial charge on any atom is -0.344 e. The molecule has 0 atom stereocenters. The molecule has 0 aliphatic rings. The number of rotatable bonds is 0. The van der Waals surface area contributed by atoms with E-state index in [1.54, 1.807) is 0 Å². The summed E-state index contributed by atoms with van der Waals surface area (Å²) in [6.45, 7) is 18.0. The fraction of sp³-hybridized carbons (Fsp3) is 0. The molecule has 0 spiro atoms. The molecule has 0 unspecified atom stereocenters. The summed E-state index contributed by atoms with van der Waals surface area (Å²) >= 11 is 0. The smallest absolute Gasteiger partial charge is 0.106 e. The summed E-state index contributed by atoms with van der Waals surface area (Å²) < 4.78 is 0. The van der Waals surface area contributed by atoms with Gasteiger partial charge in [0.15, 0.2) is 0 Å².